The smallest absolute Gasteiger partial charge is 0.228 e. The number of nitrogens with zero attached hydrogens (tertiary/aromatic N) is 6. The molecule has 36 heavy (non-hydrogen) atoms. The molecule has 10 heteroatoms. The van der Waals surface area contributed by atoms with Gasteiger partial charge in [0.05, 0.1) is 18.9 Å². The van der Waals surface area contributed by atoms with Crippen LogP contribution in [0, 0.1) is 19.3 Å². The Morgan fingerprint density at radius 2 is 1.67 bits per heavy atom. The maximum Gasteiger partial charge on any atom is 0.228 e. The van der Waals surface area contributed by atoms with Gasteiger partial charge in [0, 0.05) is 60.6 Å². The average molecular weight is 484 g/mol. The second-order valence-corrected chi connectivity index (χ2v) is 8.54. The summed E-state index contributed by atoms with van der Waals surface area (Å²) in [6.07, 6.45) is 1.34. The van der Waals surface area contributed by atoms with Crippen molar-refractivity contribution in [3.63, 3.8) is 0 Å². The van der Waals surface area contributed by atoms with E-state index in [9.17, 15) is 0 Å². The molecule has 3 heterocycles. The summed E-state index contributed by atoms with van der Waals surface area (Å²) in [4.78, 5) is 11.9. The third-order valence-corrected chi connectivity index (χ3v) is 6.17. The zero-order chi connectivity index (χ0) is 25.1. The van der Waals surface area contributed by atoms with E-state index in [1.165, 1.54) is 6.21 Å². The van der Waals surface area contributed by atoms with Crippen LogP contribution in [-0.4, -0.2) is 64.3 Å². The Bertz CT molecular complexity index is 1360. The lowest BCUT2D eigenvalue weighted by atomic mass is 10.1. The molecule has 1 saturated heterocycles. The fourth-order valence-corrected chi connectivity index (χ4v) is 4.29. The topological polar surface area (TPSA) is 117 Å². The van der Waals surface area contributed by atoms with E-state index in [-0.39, 0.29) is 0 Å². The summed E-state index contributed by atoms with van der Waals surface area (Å²) < 4.78 is 7.54. The van der Waals surface area contributed by atoms with Gasteiger partial charge in [0.25, 0.3) is 0 Å². The lowest BCUT2D eigenvalue weighted by Crippen LogP contribution is -2.37. The SMILES string of the molecule is CNc1cc(-c2cc(Nc3ccc(-n4c(C)nnc4C)cc3)nc(N3CCOCC3)n2)ccc1C=N. The van der Waals surface area contributed by atoms with Gasteiger partial charge in [-0.2, -0.15) is 4.98 Å². The molecule has 4 aromatic rings. The highest BCUT2D eigenvalue weighted by Gasteiger charge is 2.17. The Morgan fingerprint density at radius 1 is 0.944 bits per heavy atom. The van der Waals surface area contributed by atoms with Crippen molar-refractivity contribution < 1.29 is 4.74 Å². The second kappa shape index (κ2) is 10.1. The van der Waals surface area contributed by atoms with Crippen molar-refractivity contribution in [2.45, 2.75) is 13.8 Å². The molecule has 0 atom stereocenters. The molecule has 2 aromatic carbocycles. The Balaban J connectivity index is 1.49. The lowest BCUT2D eigenvalue weighted by Gasteiger charge is -2.27. The lowest BCUT2D eigenvalue weighted by molar-refractivity contribution is 0.122. The summed E-state index contributed by atoms with van der Waals surface area (Å²) in [7, 11) is 1.85. The summed E-state index contributed by atoms with van der Waals surface area (Å²) in [6, 6.07) is 16.0. The normalized spacial score (nSPS) is 13.5. The molecule has 0 bridgehead atoms. The van der Waals surface area contributed by atoms with Gasteiger partial charge in [-0.3, -0.25) is 4.57 Å². The largest absolute Gasteiger partial charge is 0.388 e. The monoisotopic (exact) mass is 483 g/mol. The fourth-order valence-electron chi connectivity index (χ4n) is 4.29. The number of benzene rings is 2. The highest BCUT2D eigenvalue weighted by Crippen LogP contribution is 2.29. The number of aromatic nitrogens is 5. The second-order valence-electron chi connectivity index (χ2n) is 8.54. The molecule has 184 valence electrons. The highest BCUT2D eigenvalue weighted by atomic mass is 16.5. The van der Waals surface area contributed by atoms with Gasteiger partial charge in [-0.15, -0.1) is 10.2 Å². The number of hydrogen-bond acceptors (Lipinski definition) is 9. The quantitative estimate of drug-likeness (QED) is 0.338. The Labute approximate surface area is 209 Å². The van der Waals surface area contributed by atoms with Gasteiger partial charge in [-0.1, -0.05) is 12.1 Å². The zero-order valence-electron chi connectivity index (χ0n) is 20.6. The Kier molecular flexibility index (Phi) is 6.59. The van der Waals surface area contributed by atoms with Crippen molar-refractivity contribution in [1.82, 2.24) is 24.7 Å². The number of ether oxygens (including phenoxy) is 1. The van der Waals surface area contributed by atoms with Gasteiger partial charge in [0.15, 0.2) is 0 Å². The third-order valence-electron chi connectivity index (χ3n) is 6.17. The summed E-state index contributed by atoms with van der Waals surface area (Å²) in [5.41, 5.74) is 5.35. The summed E-state index contributed by atoms with van der Waals surface area (Å²) >= 11 is 0. The van der Waals surface area contributed by atoms with Gasteiger partial charge >= 0.3 is 0 Å². The van der Waals surface area contributed by atoms with Crippen LogP contribution in [0.3, 0.4) is 0 Å². The van der Waals surface area contributed by atoms with E-state index in [1.54, 1.807) is 0 Å². The first-order valence-electron chi connectivity index (χ1n) is 11.9. The molecule has 1 fully saturated rings. The first-order chi connectivity index (χ1) is 17.6. The molecule has 0 unspecified atom stereocenters. The van der Waals surface area contributed by atoms with Crippen LogP contribution in [0.2, 0.25) is 0 Å². The van der Waals surface area contributed by atoms with Crippen LogP contribution in [0.5, 0.6) is 0 Å². The number of nitrogens with one attached hydrogen (secondary N) is 3. The number of aryl methyl sites for hydroxylation is 2. The predicted octanol–water partition coefficient (Wildman–Crippen LogP) is 3.96. The molecule has 2 aromatic heterocycles. The van der Waals surface area contributed by atoms with E-state index in [4.69, 9.17) is 20.1 Å². The summed E-state index contributed by atoms with van der Waals surface area (Å²) in [6.45, 7) is 6.66. The van der Waals surface area contributed by atoms with Crippen LogP contribution >= 0.6 is 0 Å². The average Bonchev–Trinajstić information content (AvgIpc) is 3.26. The zero-order valence-corrected chi connectivity index (χ0v) is 20.6. The van der Waals surface area contributed by atoms with Crippen LogP contribution < -0.4 is 15.5 Å². The number of anilines is 4. The van der Waals surface area contributed by atoms with E-state index >= 15 is 0 Å². The standard InChI is InChI=1S/C26H29N9O/c1-17-32-33-18(2)35(17)22-8-6-21(7-9-22)29-25-15-24(19-4-5-20(16-27)23(14-19)28-3)30-26(31-25)34-10-12-36-13-11-34/h4-9,14-16,27-28H,10-13H2,1-3H3,(H,29,30,31). The molecular formula is C26H29N9O. The molecule has 0 saturated carbocycles. The van der Waals surface area contributed by atoms with Crippen LogP contribution in [0.15, 0.2) is 48.5 Å². The Morgan fingerprint density at radius 3 is 2.33 bits per heavy atom. The van der Waals surface area contributed by atoms with Crippen LogP contribution in [0.1, 0.15) is 17.2 Å². The van der Waals surface area contributed by atoms with Crippen molar-refractivity contribution in [3.05, 3.63) is 65.7 Å². The van der Waals surface area contributed by atoms with Crippen molar-refractivity contribution in [2.24, 2.45) is 0 Å². The highest BCUT2D eigenvalue weighted by molar-refractivity contribution is 5.88. The Hall–Kier alpha value is -4.31. The molecule has 0 radical (unpaired) electrons. The summed E-state index contributed by atoms with van der Waals surface area (Å²) in [5, 5.41) is 22.6. The number of hydrogen-bond donors (Lipinski definition) is 3. The van der Waals surface area contributed by atoms with Gasteiger partial charge in [-0.05, 0) is 44.2 Å². The van der Waals surface area contributed by atoms with Gasteiger partial charge in [0.1, 0.15) is 17.5 Å². The van der Waals surface area contributed by atoms with Gasteiger partial charge in [0.2, 0.25) is 5.95 Å². The molecule has 5 rings (SSSR count). The van der Waals surface area contributed by atoms with Gasteiger partial charge in [-0.25, -0.2) is 4.98 Å². The van der Waals surface area contributed by atoms with Crippen LogP contribution in [-0.2, 0) is 4.74 Å². The van der Waals surface area contributed by atoms with E-state index in [0.717, 1.165) is 58.6 Å². The maximum atomic E-state index is 7.65. The summed E-state index contributed by atoms with van der Waals surface area (Å²) in [5.74, 6) is 3.05. The van der Waals surface area contributed by atoms with Crippen molar-refractivity contribution in [3.8, 4) is 16.9 Å². The van der Waals surface area contributed by atoms with Crippen molar-refractivity contribution >= 4 is 29.4 Å². The van der Waals surface area contributed by atoms with E-state index in [0.29, 0.717) is 25.0 Å². The molecule has 0 spiro atoms. The van der Waals surface area contributed by atoms with Crippen molar-refractivity contribution in [2.75, 3.05) is 48.9 Å². The molecule has 3 N–H and O–H groups in total. The first kappa shape index (κ1) is 23.4. The molecule has 10 nitrogen and oxygen atoms in total. The molecule has 0 aliphatic carbocycles. The minimum Gasteiger partial charge on any atom is -0.388 e. The minimum absolute atomic E-state index is 0.650. The van der Waals surface area contributed by atoms with Gasteiger partial charge < -0.3 is 25.7 Å². The molecule has 0 amide bonds. The minimum atomic E-state index is 0.650. The van der Waals surface area contributed by atoms with Crippen molar-refractivity contribution in [1.29, 1.82) is 5.41 Å². The van der Waals surface area contributed by atoms with Crippen LogP contribution in [0.4, 0.5) is 23.1 Å². The van der Waals surface area contributed by atoms with E-state index < -0.39 is 0 Å². The third kappa shape index (κ3) is 4.76. The van der Waals surface area contributed by atoms with E-state index in [1.807, 2.05) is 74.0 Å². The van der Waals surface area contributed by atoms with E-state index in [2.05, 4.69) is 25.7 Å². The molecule has 1 aliphatic rings. The fraction of sp³-hybridized carbons (Fsp3) is 0.269. The maximum absolute atomic E-state index is 7.65. The number of morpholine rings is 1. The predicted molar refractivity (Wildman–Crippen MR) is 142 cm³/mol. The first-order valence-corrected chi connectivity index (χ1v) is 11.9. The van der Waals surface area contributed by atoms with Crippen LogP contribution in [0.25, 0.3) is 16.9 Å². The molecular weight excluding hydrogens is 454 g/mol. The number of rotatable bonds is 7. The molecule has 1 aliphatic heterocycles.